The molecule has 1 N–H and O–H groups in total. The quantitative estimate of drug-likeness (QED) is 0.283. The fourth-order valence-electron chi connectivity index (χ4n) is 4.17. The third kappa shape index (κ3) is 7.87. The lowest BCUT2D eigenvalue weighted by Gasteiger charge is -2.32. The van der Waals surface area contributed by atoms with Crippen LogP contribution in [0.3, 0.4) is 0 Å². The standard InChI is InChI=1S/C30H35Cl2N3O6S/c1-19(2)33-30(37)21(4)34(17-22-9-13-25(31)26(32)15-22)29(36)18-35(23-10-14-27(40-5)28(16-23)41-6)42(38,39)24-11-7-20(3)8-12-24/h7-16,19,21H,17-18H2,1-6H3,(H,33,37)/t21-/m0/s1. The van der Waals surface area contributed by atoms with Gasteiger partial charge in [0.25, 0.3) is 10.0 Å². The Bertz CT molecular complexity index is 1530. The summed E-state index contributed by atoms with van der Waals surface area (Å²) in [6.45, 7) is 6.42. The minimum Gasteiger partial charge on any atom is -0.493 e. The second kappa shape index (κ2) is 14.1. The van der Waals surface area contributed by atoms with Gasteiger partial charge in [-0.15, -0.1) is 0 Å². The Kier molecular flexibility index (Phi) is 11.1. The normalized spacial score (nSPS) is 12.0. The van der Waals surface area contributed by atoms with Gasteiger partial charge in [-0.3, -0.25) is 13.9 Å². The fourth-order valence-corrected chi connectivity index (χ4v) is 5.90. The van der Waals surface area contributed by atoms with Crippen LogP contribution in [0.15, 0.2) is 65.6 Å². The van der Waals surface area contributed by atoms with E-state index in [0.29, 0.717) is 16.3 Å². The minimum atomic E-state index is -4.24. The van der Waals surface area contributed by atoms with E-state index in [0.717, 1.165) is 9.87 Å². The molecule has 42 heavy (non-hydrogen) atoms. The van der Waals surface area contributed by atoms with Gasteiger partial charge in [0.05, 0.1) is 34.8 Å². The highest BCUT2D eigenvalue weighted by Gasteiger charge is 2.33. The van der Waals surface area contributed by atoms with Crippen molar-refractivity contribution in [2.24, 2.45) is 0 Å². The molecular formula is C30H35Cl2N3O6S. The van der Waals surface area contributed by atoms with Gasteiger partial charge in [0.1, 0.15) is 12.6 Å². The predicted molar refractivity (Wildman–Crippen MR) is 165 cm³/mol. The number of benzene rings is 3. The van der Waals surface area contributed by atoms with Crippen molar-refractivity contribution in [2.75, 3.05) is 25.1 Å². The zero-order chi connectivity index (χ0) is 31.2. The number of methoxy groups -OCH3 is 2. The molecule has 12 heteroatoms. The van der Waals surface area contributed by atoms with Gasteiger partial charge in [-0.05, 0) is 69.7 Å². The van der Waals surface area contributed by atoms with Gasteiger partial charge < -0.3 is 19.7 Å². The molecule has 9 nitrogen and oxygen atoms in total. The molecule has 3 aromatic rings. The van der Waals surface area contributed by atoms with E-state index in [1.54, 1.807) is 43.3 Å². The smallest absolute Gasteiger partial charge is 0.264 e. The number of rotatable bonds is 12. The second-order valence-corrected chi connectivity index (χ2v) is 12.7. The maximum absolute atomic E-state index is 14.0. The third-order valence-electron chi connectivity index (χ3n) is 6.48. The van der Waals surface area contributed by atoms with Gasteiger partial charge in [-0.25, -0.2) is 8.42 Å². The molecule has 0 spiro atoms. The molecule has 0 saturated heterocycles. The molecule has 0 aromatic heterocycles. The number of carbonyl (C=O) groups excluding carboxylic acids is 2. The fraction of sp³-hybridized carbons (Fsp3) is 0.333. The lowest BCUT2D eigenvalue weighted by molar-refractivity contribution is -0.139. The maximum Gasteiger partial charge on any atom is 0.264 e. The van der Waals surface area contributed by atoms with Crippen molar-refractivity contribution in [1.82, 2.24) is 10.2 Å². The van der Waals surface area contributed by atoms with Crippen LogP contribution in [-0.2, 0) is 26.2 Å². The Morgan fingerprint density at radius 1 is 0.881 bits per heavy atom. The molecule has 226 valence electrons. The summed E-state index contributed by atoms with van der Waals surface area (Å²) in [4.78, 5) is 28.4. The predicted octanol–water partition coefficient (Wildman–Crippen LogP) is 5.46. The number of sulfonamides is 1. The highest BCUT2D eigenvalue weighted by Crippen LogP contribution is 2.34. The van der Waals surface area contributed by atoms with E-state index >= 15 is 0 Å². The van der Waals surface area contributed by atoms with Crippen LogP contribution < -0.4 is 19.1 Å². The Labute approximate surface area is 257 Å². The molecule has 0 unspecified atom stereocenters. The van der Waals surface area contributed by atoms with Gasteiger partial charge >= 0.3 is 0 Å². The van der Waals surface area contributed by atoms with Crippen molar-refractivity contribution in [3.63, 3.8) is 0 Å². The van der Waals surface area contributed by atoms with E-state index in [2.05, 4.69) is 5.32 Å². The van der Waals surface area contributed by atoms with Crippen LogP contribution in [0.1, 0.15) is 31.9 Å². The van der Waals surface area contributed by atoms with E-state index in [1.807, 2.05) is 20.8 Å². The monoisotopic (exact) mass is 635 g/mol. The number of carbonyl (C=O) groups is 2. The molecule has 0 aliphatic rings. The lowest BCUT2D eigenvalue weighted by atomic mass is 10.1. The molecule has 2 amide bonds. The number of hydrogen-bond donors (Lipinski definition) is 1. The number of nitrogens with one attached hydrogen (secondary N) is 1. The van der Waals surface area contributed by atoms with Gasteiger partial charge in [0, 0.05) is 18.7 Å². The van der Waals surface area contributed by atoms with E-state index in [1.165, 1.54) is 43.4 Å². The Balaban J connectivity index is 2.10. The second-order valence-electron chi connectivity index (χ2n) is 9.97. The van der Waals surface area contributed by atoms with Crippen molar-refractivity contribution < 1.29 is 27.5 Å². The molecular weight excluding hydrogens is 601 g/mol. The van der Waals surface area contributed by atoms with E-state index in [4.69, 9.17) is 32.7 Å². The average molecular weight is 637 g/mol. The summed E-state index contributed by atoms with van der Waals surface area (Å²) in [6, 6.07) is 14.7. The Morgan fingerprint density at radius 3 is 2.10 bits per heavy atom. The molecule has 0 heterocycles. The van der Waals surface area contributed by atoms with E-state index in [9.17, 15) is 18.0 Å². The summed E-state index contributed by atoms with van der Waals surface area (Å²) in [5, 5.41) is 3.44. The van der Waals surface area contributed by atoms with Crippen LogP contribution in [0.25, 0.3) is 0 Å². The number of amides is 2. The van der Waals surface area contributed by atoms with Crippen LogP contribution in [0, 0.1) is 6.92 Å². The first-order chi connectivity index (χ1) is 19.8. The zero-order valence-electron chi connectivity index (χ0n) is 24.4. The lowest BCUT2D eigenvalue weighted by Crippen LogP contribution is -2.52. The molecule has 0 aliphatic heterocycles. The largest absolute Gasteiger partial charge is 0.493 e. The average Bonchev–Trinajstić information content (AvgIpc) is 2.95. The van der Waals surface area contributed by atoms with E-state index in [-0.39, 0.29) is 33.9 Å². The topological polar surface area (TPSA) is 105 Å². The summed E-state index contributed by atoms with van der Waals surface area (Å²) in [5.74, 6) is -0.334. The highest BCUT2D eigenvalue weighted by atomic mass is 35.5. The van der Waals surface area contributed by atoms with Crippen molar-refractivity contribution in [3.8, 4) is 11.5 Å². The molecule has 0 bridgehead atoms. The van der Waals surface area contributed by atoms with Crippen molar-refractivity contribution in [1.29, 1.82) is 0 Å². The van der Waals surface area contributed by atoms with Crippen molar-refractivity contribution >= 4 is 50.7 Å². The Hall–Kier alpha value is -3.47. The van der Waals surface area contributed by atoms with Crippen LogP contribution in [0.4, 0.5) is 5.69 Å². The molecule has 0 saturated carbocycles. The van der Waals surface area contributed by atoms with Crippen LogP contribution in [0.5, 0.6) is 11.5 Å². The first-order valence-electron chi connectivity index (χ1n) is 13.1. The van der Waals surface area contributed by atoms with Crippen molar-refractivity contribution in [2.45, 2.75) is 51.2 Å². The number of ether oxygens (including phenoxy) is 2. The summed E-state index contributed by atoms with van der Waals surface area (Å²) in [5.41, 5.74) is 1.66. The summed E-state index contributed by atoms with van der Waals surface area (Å²) in [7, 11) is -1.35. The summed E-state index contributed by atoms with van der Waals surface area (Å²) >= 11 is 12.3. The molecule has 0 radical (unpaired) electrons. The SMILES string of the molecule is COc1ccc(N(CC(=O)N(Cc2ccc(Cl)c(Cl)c2)[C@@H](C)C(=O)NC(C)C)S(=O)(=O)c2ccc(C)cc2)cc1OC. The molecule has 3 rings (SSSR count). The number of anilines is 1. The summed E-state index contributed by atoms with van der Waals surface area (Å²) in [6.07, 6.45) is 0. The number of nitrogens with zero attached hydrogens (tertiary/aromatic N) is 2. The minimum absolute atomic E-state index is 0.00248. The van der Waals surface area contributed by atoms with Crippen molar-refractivity contribution in [3.05, 3.63) is 81.8 Å². The molecule has 0 aliphatic carbocycles. The Morgan fingerprint density at radius 2 is 1.52 bits per heavy atom. The number of aryl methyl sites for hydroxylation is 1. The van der Waals surface area contributed by atoms with Crippen LogP contribution in [0.2, 0.25) is 10.0 Å². The van der Waals surface area contributed by atoms with Gasteiger partial charge in [-0.2, -0.15) is 0 Å². The van der Waals surface area contributed by atoms with Crippen LogP contribution >= 0.6 is 23.2 Å². The molecule has 3 aromatic carbocycles. The number of halogens is 2. The first kappa shape index (κ1) is 33.0. The molecule has 0 fully saturated rings. The maximum atomic E-state index is 14.0. The first-order valence-corrected chi connectivity index (χ1v) is 15.3. The third-order valence-corrected chi connectivity index (χ3v) is 9.01. The van der Waals surface area contributed by atoms with Gasteiger partial charge in [0.15, 0.2) is 11.5 Å². The van der Waals surface area contributed by atoms with Gasteiger partial charge in [0.2, 0.25) is 11.8 Å². The molecule has 1 atom stereocenters. The van der Waals surface area contributed by atoms with Crippen LogP contribution in [-0.4, -0.2) is 58.0 Å². The summed E-state index contributed by atoms with van der Waals surface area (Å²) < 4.78 is 39.7. The number of hydrogen-bond acceptors (Lipinski definition) is 6. The zero-order valence-corrected chi connectivity index (χ0v) is 26.7. The highest BCUT2D eigenvalue weighted by molar-refractivity contribution is 7.92. The van der Waals surface area contributed by atoms with E-state index < -0.39 is 34.4 Å². The van der Waals surface area contributed by atoms with Gasteiger partial charge in [-0.1, -0.05) is 47.0 Å².